The highest BCUT2D eigenvalue weighted by Crippen LogP contribution is 2.13. The van der Waals surface area contributed by atoms with E-state index in [0.29, 0.717) is 13.0 Å². The zero-order valence-electron chi connectivity index (χ0n) is 15.2. The summed E-state index contributed by atoms with van der Waals surface area (Å²) in [5.41, 5.74) is 3.95. The summed E-state index contributed by atoms with van der Waals surface area (Å²) in [4.78, 5) is 0. The maximum Gasteiger partial charge on any atom is 0.233 e. The van der Waals surface area contributed by atoms with Gasteiger partial charge < -0.3 is 0 Å². The first-order valence-electron chi connectivity index (χ1n) is 8.87. The molecule has 1 aromatic heterocycles. The maximum atomic E-state index is 12.1. The van der Waals surface area contributed by atoms with Crippen LogP contribution in [0.2, 0.25) is 0 Å². The lowest BCUT2D eigenvalue weighted by atomic mass is 10.1. The van der Waals surface area contributed by atoms with Crippen LogP contribution in [0.3, 0.4) is 0 Å². The van der Waals surface area contributed by atoms with Crippen LogP contribution in [0.1, 0.15) is 23.2 Å². The fourth-order valence-electron chi connectivity index (χ4n) is 2.73. The van der Waals surface area contributed by atoms with Crippen molar-refractivity contribution in [3.05, 3.63) is 89.1 Å². The number of nitrogens with one attached hydrogen (secondary N) is 1. The quantitative estimate of drug-likeness (QED) is 0.605. The Balaban J connectivity index is 1.51. The smallest absolute Gasteiger partial charge is 0.233 e. The summed E-state index contributed by atoms with van der Waals surface area (Å²) in [7, 11) is -3.43. The van der Waals surface area contributed by atoms with Crippen LogP contribution in [0.25, 0.3) is 11.8 Å². The minimum absolute atomic E-state index is 0.386. The van der Waals surface area contributed by atoms with E-state index in [0.717, 1.165) is 28.9 Å². The van der Waals surface area contributed by atoms with E-state index in [1.165, 1.54) is 5.41 Å². The molecule has 140 valence electrons. The van der Waals surface area contributed by atoms with Gasteiger partial charge >= 0.3 is 0 Å². The van der Waals surface area contributed by atoms with Crippen LogP contribution in [0.4, 0.5) is 0 Å². The number of hydrogen-bond acceptors (Lipinski definition) is 3. The predicted octanol–water partition coefficient (Wildman–Crippen LogP) is 3.70. The third kappa shape index (κ3) is 5.64. The number of aryl methyl sites for hydroxylation is 2. The fraction of sp³-hybridized carbons (Fsp3) is 0.190. The fourth-order valence-corrected chi connectivity index (χ4v) is 3.59. The Kier molecular flexibility index (Phi) is 6.21. The van der Waals surface area contributed by atoms with Crippen LogP contribution in [0, 0.1) is 6.92 Å². The van der Waals surface area contributed by atoms with Gasteiger partial charge in [0.15, 0.2) is 0 Å². The van der Waals surface area contributed by atoms with Crippen LogP contribution in [0.5, 0.6) is 0 Å². The van der Waals surface area contributed by atoms with Crippen LogP contribution in [0.15, 0.2) is 72.3 Å². The Labute approximate surface area is 160 Å². The molecule has 0 fully saturated rings. The van der Waals surface area contributed by atoms with E-state index in [2.05, 4.69) is 9.82 Å². The number of hydrogen-bond donors (Lipinski definition) is 1. The Morgan fingerprint density at radius 3 is 2.41 bits per heavy atom. The third-order valence-corrected chi connectivity index (χ3v) is 5.29. The lowest BCUT2D eigenvalue weighted by Gasteiger charge is -2.03. The molecule has 0 saturated carbocycles. The second-order valence-corrected chi connectivity index (χ2v) is 7.93. The van der Waals surface area contributed by atoms with E-state index in [9.17, 15) is 8.42 Å². The second-order valence-electron chi connectivity index (χ2n) is 6.28. The summed E-state index contributed by atoms with van der Waals surface area (Å²) >= 11 is 0. The molecular weight excluding hydrogens is 358 g/mol. The minimum Gasteiger partial charge on any atom is -0.240 e. The summed E-state index contributed by atoms with van der Waals surface area (Å²) < 4.78 is 28.6. The van der Waals surface area contributed by atoms with Crippen molar-refractivity contribution in [2.45, 2.75) is 19.8 Å². The second kappa shape index (κ2) is 8.79. The highest BCUT2D eigenvalue weighted by atomic mass is 32.2. The number of aromatic nitrogens is 2. The third-order valence-electron chi connectivity index (χ3n) is 4.19. The molecule has 0 radical (unpaired) electrons. The minimum atomic E-state index is -3.43. The van der Waals surface area contributed by atoms with Crippen molar-refractivity contribution in [1.82, 2.24) is 14.5 Å². The van der Waals surface area contributed by atoms with Crippen LogP contribution < -0.4 is 4.72 Å². The van der Waals surface area contributed by atoms with Gasteiger partial charge in [-0.3, -0.25) is 0 Å². The Bertz CT molecular complexity index is 994. The van der Waals surface area contributed by atoms with Crippen molar-refractivity contribution in [2.24, 2.45) is 0 Å². The number of para-hydroxylation sites is 1. The number of sulfonamides is 1. The van der Waals surface area contributed by atoms with Gasteiger partial charge in [0.2, 0.25) is 10.0 Å². The number of nitrogens with zero attached hydrogens (tertiary/aromatic N) is 2. The molecule has 2 aromatic carbocycles. The largest absolute Gasteiger partial charge is 0.240 e. The molecule has 0 atom stereocenters. The van der Waals surface area contributed by atoms with Crippen molar-refractivity contribution in [3.8, 4) is 5.69 Å². The van der Waals surface area contributed by atoms with Gasteiger partial charge in [-0.1, -0.05) is 48.5 Å². The van der Waals surface area contributed by atoms with Gasteiger partial charge in [0.1, 0.15) is 0 Å². The molecule has 5 nitrogen and oxygen atoms in total. The summed E-state index contributed by atoms with van der Waals surface area (Å²) in [6.07, 6.45) is 5.08. The summed E-state index contributed by atoms with van der Waals surface area (Å²) in [6, 6.07) is 19.3. The van der Waals surface area contributed by atoms with Gasteiger partial charge in [-0.25, -0.2) is 17.8 Å². The van der Waals surface area contributed by atoms with Gasteiger partial charge in [-0.05, 0) is 49.1 Å². The SMILES string of the molecule is Cc1nn(-c2ccccc2)cc1CCCNS(=O)(=O)/C=C/c1ccccc1. The van der Waals surface area contributed by atoms with Crippen molar-refractivity contribution in [3.63, 3.8) is 0 Å². The first-order valence-corrected chi connectivity index (χ1v) is 10.4. The monoisotopic (exact) mass is 381 g/mol. The molecule has 0 amide bonds. The zero-order valence-corrected chi connectivity index (χ0v) is 16.1. The lowest BCUT2D eigenvalue weighted by Crippen LogP contribution is -2.22. The van der Waals surface area contributed by atoms with Crippen molar-refractivity contribution >= 4 is 16.1 Å². The van der Waals surface area contributed by atoms with Gasteiger partial charge in [0, 0.05) is 18.1 Å². The van der Waals surface area contributed by atoms with Crippen LogP contribution in [-0.4, -0.2) is 24.7 Å². The van der Waals surface area contributed by atoms with Crippen LogP contribution >= 0.6 is 0 Å². The van der Waals surface area contributed by atoms with E-state index in [-0.39, 0.29) is 0 Å². The van der Waals surface area contributed by atoms with E-state index in [1.807, 2.05) is 78.5 Å². The topological polar surface area (TPSA) is 64.0 Å². The molecular formula is C21H23N3O2S. The summed E-state index contributed by atoms with van der Waals surface area (Å²) in [5, 5.41) is 5.75. The zero-order chi connectivity index (χ0) is 19.1. The van der Waals surface area contributed by atoms with Crippen molar-refractivity contribution in [2.75, 3.05) is 6.54 Å². The molecule has 0 spiro atoms. The van der Waals surface area contributed by atoms with Gasteiger partial charge in [-0.2, -0.15) is 5.10 Å². The van der Waals surface area contributed by atoms with Gasteiger partial charge in [-0.15, -0.1) is 0 Å². The first kappa shape index (κ1) is 19.1. The highest BCUT2D eigenvalue weighted by molar-refractivity contribution is 7.92. The van der Waals surface area contributed by atoms with Gasteiger partial charge in [0.25, 0.3) is 0 Å². The number of benzene rings is 2. The Hall–Kier alpha value is -2.70. The average molecular weight is 382 g/mol. The summed E-state index contributed by atoms with van der Waals surface area (Å²) in [5.74, 6) is 0. The molecule has 0 aliphatic heterocycles. The Morgan fingerprint density at radius 1 is 1.04 bits per heavy atom. The van der Waals surface area contributed by atoms with Gasteiger partial charge in [0.05, 0.1) is 11.4 Å². The number of rotatable bonds is 8. The Morgan fingerprint density at radius 2 is 1.70 bits per heavy atom. The molecule has 27 heavy (non-hydrogen) atoms. The predicted molar refractivity (Wildman–Crippen MR) is 109 cm³/mol. The molecule has 0 aliphatic carbocycles. The standard InChI is InChI=1S/C21H23N3O2S/c1-18-20(17-24(23-18)21-12-6-3-7-13-21)11-8-15-22-27(25,26)16-14-19-9-4-2-5-10-19/h2-7,9-10,12-14,16-17,22H,8,11,15H2,1H3/b16-14+. The van der Waals surface area contributed by atoms with E-state index in [4.69, 9.17) is 0 Å². The normalized spacial score (nSPS) is 11.9. The van der Waals surface area contributed by atoms with E-state index >= 15 is 0 Å². The molecule has 6 heteroatoms. The summed E-state index contributed by atoms with van der Waals surface area (Å²) in [6.45, 7) is 2.36. The molecule has 0 aliphatic rings. The highest BCUT2D eigenvalue weighted by Gasteiger charge is 2.08. The molecule has 3 aromatic rings. The lowest BCUT2D eigenvalue weighted by molar-refractivity contribution is 0.588. The first-order chi connectivity index (χ1) is 13.0. The van der Waals surface area contributed by atoms with Crippen LogP contribution in [-0.2, 0) is 16.4 Å². The van der Waals surface area contributed by atoms with Crippen molar-refractivity contribution < 1.29 is 8.42 Å². The van der Waals surface area contributed by atoms with E-state index in [1.54, 1.807) is 6.08 Å². The van der Waals surface area contributed by atoms with Crippen molar-refractivity contribution in [1.29, 1.82) is 0 Å². The maximum absolute atomic E-state index is 12.1. The molecule has 0 bridgehead atoms. The average Bonchev–Trinajstić information content (AvgIpc) is 3.06. The molecule has 1 N–H and O–H groups in total. The van der Waals surface area contributed by atoms with E-state index < -0.39 is 10.0 Å². The molecule has 3 rings (SSSR count). The molecule has 0 saturated heterocycles. The molecule has 1 heterocycles. The molecule has 0 unspecified atom stereocenters.